The van der Waals surface area contributed by atoms with Crippen LogP contribution in [0.3, 0.4) is 0 Å². The number of fused-ring (bicyclic) bond motifs is 1. The maximum atomic E-state index is 12.4. The van der Waals surface area contributed by atoms with Gasteiger partial charge < -0.3 is 14.1 Å². The van der Waals surface area contributed by atoms with Crippen LogP contribution in [-0.4, -0.2) is 31.0 Å². The van der Waals surface area contributed by atoms with Gasteiger partial charge in [0, 0.05) is 23.5 Å². The van der Waals surface area contributed by atoms with Gasteiger partial charge in [-0.05, 0) is 42.8 Å². The van der Waals surface area contributed by atoms with Crippen molar-refractivity contribution in [1.82, 2.24) is 4.90 Å². The summed E-state index contributed by atoms with van der Waals surface area (Å²) in [5.41, 5.74) is 0.711. The molecule has 1 aromatic heterocycles. The van der Waals surface area contributed by atoms with Crippen molar-refractivity contribution in [3.63, 3.8) is 0 Å². The third-order valence-electron chi connectivity index (χ3n) is 3.69. The van der Waals surface area contributed by atoms with Gasteiger partial charge in [0.1, 0.15) is 11.3 Å². The molecular weight excluding hydrogens is 370 g/mol. The van der Waals surface area contributed by atoms with Crippen molar-refractivity contribution in [3.8, 4) is 5.75 Å². The Morgan fingerprint density at radius 3 is 2.75 bits per heavy atom. The first-order valence-electron chi connectivity index (χ1n) is 7.76. The van der Waals surface area contributed by atoms with Crippen molar-refractivity contribution in [2.45, 2.75) is 6.42 Å². The molecule has 3 rings (SSSR count). The molecule has 0 aliphatic rings. The minimum Gasteiger partial charge on any atom is -0.494 e. The van der Waals surface area contributed by atoms with E-state index in [1.165, 1.54) is 0 Å². The van der Waals surface area contributed by atoms with E-state index in [1.807, 2.05) is 48.5 Å². The molecule has 24 heavy (non-hydrogen) atoms. The smallest absolute Gasteiger partial charge is 0.289 e. The number of furan rings is 1. The molecule has 0 N–H and O–H groups in total. The summed E-state index contributed by atoms with van der Waals surface area (Å²) in [4.78, 5) is 14.1. The van der Waals surface area contributed by atoms with Gasteiger partial charge in [-0.25, -0.2) is 0 Å². The zero-order valence-corrected chi connectivity index (χ0v) is 15.0. The lowest BCUT2D eigenvalue weighted by Crippen LogP contribution is -2.28. The van der Waals surface area contributed by atoms with Gasteiger partial charge in [0.25, 0.3) is 5.91 Å². The van der Waals surface area contributed by atoms with Crippen molar-refractivity contribution in [2.24, 2.45) is 0 Å². The molecule has 0 saturated carbocycles. The molecule has 0 spiro atoms. The quantitative estimate of drug-likeness (QED) is 0.573. The van der Waals surface area contributed by atoms with E-state index in [2.05, 4.69) is 15.9 Å². The molecule has 0 aliphatic heterocycles. The Morgan fingerprint density at radius 1 is 1.17 bits per heavy atom. The second-order valence-corrected chi connectivity index (χ2v) is 6.45. The van der Waals surface area contributed by atoms with Gasteiger partial charge in [-0.15, -0.1) is 0 Å². The molecule has 1 heterocycles. The molecular formula is C19H18BrNO3. The lowest BCUT2D eigenvalue weighted by atomic mass is 10.2. The SMILES string of the molecule is CN(CCCOc1ccccc1)C(=O)c1cc2cc(Br)ccc2o1. The minimum atomic E-state index is -0.123. The summed E-state index contributed by atoms with van der Waals surface area (Å²) >= 11 is 3.42. The topological polar surface area (TPSA) is 42.7 Å². The number of hydrogen-bond acceptors (Lipinski definition) is 3. The fourth-order valence-electron chi connectivity index (χ4n) is 2.42. The third-order valence-corrected chi connectivity index (χ3v) is 4.18. The van der Waals surface area contributed by atoms with Crippen LogP contribution >= 0.6 is 15.9 Å². The summed E-state index contributed by atoms with van der Waals surface area (Å²) in [5, 5.41) is 0.911. The molecule has 5 heteroatoms. The molecule has 0 bridgehead atoms. The van der Waals surface area contributed by atoms with Crippen molar-refractivity contribution < 1.29 is 13.9 Å². The highest BCUT2D eigenvalue weighted by Crippen LogP contribution is 2.24. The predicted molar refractivity (Wildman–Crippen MR) is 97.4 cm³/mol. The van der Waals surface area contributed by atoms with Crippen LogP contribution in [0.4, 0.5) is 0 Å². The first-order valence-corrected chi connectivity index (χ1v) is 8.55. The Kier molecular flexibility index (Phi) is 5.20. The third kappa shape index (κ3) is 3.97. The second kappa shape index (κ2) is 7.53. The number of rotatable bonds is 6. The van der Waals surface area contributed by atoms with Crippen LogP contribution in [0.2, 0.25) is 0 Å². The number of nitrogens with zero attached hydrogens (tertiary/aromatic N) is 1. The van der Waals surface area contributed by atoms with E-state index in [0.29, 0.717) is 24.5 Å². The summed E-state index contributed by atoms with van der Waals surface area (Å²) in [6.07, 6.45) is 0.753. The average molecular weight is 388 g/mol. The normalized spacial score (nSPS) is 10.8. The van der Waals surface area contributed by atoms with Gasteiger partial charge in [-0.1, -0.05) is 34.1 Å². The highest BCUT2D eigenvalue weighted by molar-refractivity contribution is 9.10. The lowest BCUT2D eigenvalue weighted by molar-refractivity contribution is 0.0759. The van der Waals surface area contributed by atoms with Gasteiger partial charge in [-0.3, -0.25) is 4.79 Å². The zero-order valence-electron chi connectivity index (χ0n) is 13.4. The molecule has 4 nitrogen and oxygen atoms in total. The van der Waals surface area contributed by atoms with E-state index in [1.54, 1.807) is 18.0 Å². The number of hydrogen-bond donors (Lipinski definition) is 0. The number of amides is 1. The fourth-order valence-corrected chi connectivity index (χ4v) is 2.80. The summed E-state index contributed by atoms with van der Waals surface area (Å²) in [6, 6.07) is 17.1. The zero-order chi connectivity index (χ0) is 16.9. The van der Waals surface area contributed by atoms with E-state index in [-0.39, 0.29) is 5.91 Å². The molecule has 0 radical (unpaired) electrons. The van der Waals surface area contributed by atoms with E-state index in [9.17, 15) is 4.79 Å². The first-order chi connectivity index (χ1) is 11.6. The van der Waals surface area contributed by atoms with E-state index in [0.717, 1.165) is 22.0 Å². The van der Waals surface area contributed by atoms with E-state index >= 15 is 0 Å². The molecule has 0 atom stereocenters. The Balaban J connectivity index is 1.53. The summed E-state index contributed by atoms with van der Waals surface area (Å²) in [6.45, 7) is 1.17. The molecule has 124 valence electrons. The minimum absolute atomic E-state index is 0.123. The molecule has 2 aromatic carbocycles. The number of halogens is 1. The van der Waals surface area contributed by atoms with Crippen molar-refractivity contribution in [3.05, 3.63) is 64.8 Å². The van der Waals surface area contributed by atoms with Crippen LogP contribution in [0.5, 0.6) is 5.75 Å². The maximum absolute atomic E-state index is 12.4. The van der Waals surface area contributed by atoms with Gasteiger partial charge in [0.05, 0.1) is 6.61 Å². The first kappa shape index (κ1) is 16.6. The van der Waals surface area contributed by atoms with Crippen molar-refractivity contribution in [1.29, 1.82) is 0 Å². The van der Waals surface area contributed by atoms with Gasteiger partial charge in [0.2, 0.25) is 0 Å². The Labute approximate surface area is 149 Å². The molecule has 0 saturated heterocycles. The van der Waals surface area contributed by atoms with Crippen LogP contribution in [0, 0.1) is 0 Å². The largest absolute Gasteiger partial charge is 0.494 e. The number of benzene rings is 2. The summed E-state index contributed by atoms with van der Waals surface area (Å²) in [5.74, 6) is 1.07. The Hall–Kier alpha value is -2.27. The van der Waals surface area contributed by atoms with Crippen LogP contribution in [-0.2, 0) is 0 Å². The molecule has 0 aliphatic carbocycles. The van der Waals surface area contributed by atoms with E-state index in [4.69, 9.17) is 9.15 Å². The van der Waals surface area contributed by atoms with Gasteiger partial charge in [0.15, 0.2) is 5.76 Å². The van der Waals surface area contributed by atoms with Crippen LogP contribution in [0.25, 0.3) is 11.0 Å². The van der Waals surface area contributed by atoms with Crippen molar-refractivity contribution in [2.75, 3.05) is 20.2 Å². The van der Waals surface area contributed by atoms with Crippen LogP contribution in [0.1, 0.15) is 17.0 Å². The molecule has 3 aromatic rings. The highest BCUT2D eigenvalue weighted by Gasteiger charge is 2.16. The van der Waals surface area contributed by atoms with Crippen molar-refractivity contribution >= 4 is 32.8 Å². The molecule has 0 fully saturated rings. The van der Waals surface area contributed by atoms with Crippen LogP contribution < -0.4 is 4.74 Å². The Morgan fingerprint density at radius 2 is 1.96 bits per heavy atom. The molecule has 0 unspecified atom stereocenters. The van der Waals surface area contributed by atoms with Gasteiger partial charge in [-0.2, -0.15) is 0 Å². The highest BCUT2D eigenvalue weighted by atomic mass is 79.9. The van der Waals surface area contributed by atoms with Gasteiger partial charge >= 0.3 is 0 Å². The average Bonchev–Trinajstić information content (AvgIpc) is 3.01. The number of carbonyl (C=O) groups excluding carboxylic acids is 1. The molecule has 1 amide bonds. The number of carbonyl (C=O) groups is 1. The number of para-hydroxylation sites is 1. The second-order valence-electron chi connectivity index (χ2n) is 5.53. The standard InChI is InChI=1S/C19H18BrNO3/c1-21(10-5-11-23-16-6-3-2-4-7-16)19(22)18-13-14-12-15(20)8-9-17(14)24-18/h2-4,6-9,12-13H,5,10-11H2,1H3. The maximum Gasteiger partial charge on any atom is 0.289 e. The number of ether oxygens (including phenoxy) is 1. The summed E-state index contributed by atoms with van der Waals surface area (Å²) < 4.78 is 12.2. The lowest BCUT2D eigenvalue weighted by Gasteiger charge is -2.15. The fraction of sp³-hybridized carbons (Fsp3) is 0.211. The summed E-state index contributed by atoms with van der Waals surface area (Å²) in [7, 11) is 1.77. The van der Waals surface area contributed by atoms with E-state index < -0.39 is 0 Å². The predicted octanol–water partition coefficient (Wildman–Crippen LogP) is 4.74. The Bertz CT molecular complexity index is 829. The monoisotopic (exact) mass is 387 g/mol. The van der Waals surface area contributed by atoms with Crippen LogP contribution in [0.15, 0.2) is 63.5 Å².